The van der Waals surface area contributed by atoms with E-state index in [0.29, 0.717) is 17.0 Å². The molecule has 0 fully saturated rings. The van der Waals surface area contributed by atoms with E-state index in [9.17, 15) is 18.0 Å². The lowest BCUT2D eigenvalue weighted by atomic mass is 10.2. The molecule has 0 aliphatic carbocycles. The molecule has 0 aliphatic rings. The van der Waals surface area contributed by atoms with Crippen LogP contribution in [0.25, 0.3) is 0 Å². The number of ether oxygens (including phenoxy) is 1. The average molecular weight is 482 g/mol. The summed E-state index contributed by atoms with van der Waals surface area (Å²) in [6.07, 6.45) is 0.00378. The lowest BCUT2D eigenvalue weighted by Gasteiger charge is -2.23. The van der Waals surface area contributed by atoms with Gasteiger partial charge in [-0.2, -0.15) is 0 Å². The van der Waals surface area contributed by atoms with Crippen molar-refractivity contribution in [3.63, 3.8) is 0 Å². The normalized spacial score (nSPS) is 10.9. The quantitative estimate of drug-likeness (QED) is 0.460. The van der Waals surface area contributed by atoms with E-state index in [4.69, 9.17) is 4.74 Å². The summed E-state index contributed by atoms with van der Waals surface area (Å²) < 4.78 is 33.2. The second kappa shape index (κ2) is 11.3. The van der Waals surface area contributed by atoms with Gasteiger partial charge in [0.15, 0.2) is 0 Å². The van der Waals surface area contributed by atoms with Crippen LogP contribution in [0.5, 0.6) is 5.75 Å². The van der Waals surface area contributed by atoms with Gasteiger partial charge in [-0.15, -0.1) is 0 Å². The Bertz CT molecular complexity index is 1230. The molecule has 0 saturated heterocycles. The van der Waals surface area contributed by atoms with Gasteiger partial charge in [-0.25, -0.2) is 8.42 Å². The Morgan fingerprint density at radius 2 is 1.59 bits per heavy atom. The van der Waals surface area contributed by atoms with Crippen LogP contribution in [0, 0.1) is 0 Å². The molecule has 34 heavy (non-hydrogen) atoms. The van der Waals surface area contributed by atoms with Crippen LogP contribution >= 0.6 is 0 Å². The summed E-state index contributed by atoms with van der Waals surface area (Å²) in [4.78, 5) is 24.6. The topological polar surface area (TPSA) is 105 Å². The third-order valence-electron chi connectivity index (χ3n) is 5.04. The number of amides is 2. The van der Waals surface area contributed by atoms with E-state index < -0.39 is 15.9 Å². The van der Waals surface area contributed by atoms with Crippen LogP contribution in [-0.4, -0.2) is 40.4 Å². The summed E-state index contributed by atoms with van der Waals surface area (Å²) in [6.45, 7) is 2.11. The predicted octanol–water partition coefficient (Wildman–Crippen LogP) is 3.67. The van der Waals surface area contributed by atoms with E-state index in [-0.39, 0.29) is 36.0 Å². The summed E-state index contributed by atoms with van der Waals surface area (Å²) in [5, 5.41) is 5.37. The molecular weight excluding hydrogens is 454 g/mol. The molecule has 3 aromatic carbocycles. The van der Waals surface area contributed by atoms with Crippen molar-refractivity contribution in [3.8, 4) is 5.75 Å². The van der Waals surface area contributed by atoms with Crippen molar-refractivity contribution in [1.82, 2.24) is 5.32 Å². The van der Waals surface area contributed by atoms with Gasteiger partial charge in [-0.05, 0) is 49.4 Å². The maximum atomic E-state index is 13.3. The Hall–Kier alpha value is -3.85. The number of sulfonamides is 1. The van der Waals surface area contributed by atoms with Crippen LogP contribution in [0.3, 0.4) is 0 Å². The standard InChI is InChI=1S/C25H27N3O5S/c1-3-28(20-12-8-5-9-13-20)34(31,32)21-14-15-23(33-2)22(18-21)27-24(29)16-17-26-25(30)19-10-6-4-7-11-19/h4-15,18H,3,16-17H2,1-2H3,(H,26,30)(H,27,29). The Morgan fingerprint density at radius 3 is 2.21 bits per heavy atom. The molecule has 0 spiro atoms. The number of nitrogens with one attached hydrogen (secondary N) is 2. The highest BCUT2D eigenvalue weighted by atomic mass is 32.2. The van der Waals surface area contributed by atoms with Gasteiger partial charge >= 0.3 is 0 Å². The SMILES string of the molecule is CCN(c1ccccc1)S(=O)(=O)c1ccc(OC)c(NC(=O)CCNC(=O)c2ccccc2)c1. The molecule has 8 nitrogen and oxygen atoms in total. The van der Waals surface area contributed by atoms with E-state index >= 15 is 0 Å². The summed E-state index contributed by atoms with van der Waals surface area (Å²) in [7, 11) is -2.44. The number of benzene rings is 3. The smallest absolute Gasteiger partial charge is 0.264 e. The predicted molar refractivity (Wildman–Crippen MR) is 132 cm³/mol. The number of nitrogens with zero attached hydrogens (tertiary/aromatic N) is 1. The lowest BCUT2D eigenvalue weighted by molar-refractivity contribution is -0.116. The van der Waals surface area contributed by atoms with E-state index in [2.05, 4.69) is 10.6 Å². The zero-order valence-electron chi connectivity index (χ0n) is 19.0. The first kappa shape index (κ1) is 24.8. The molecule has 0 saturated carbocycles. The molecule has 0 radical (unpaired) electrons. The Labute approximate surface area is 199 Å². The number of para-hydroxylation sites is 1. The van der Waals surface area contributed by atoms with Crippen molar-refractivity contribution in [1.29, 1.82) is 0 Å². The van der Waals surface area contributed by atoms with Crippen LogP contribution in [0.15, 0.2) is 83.8 Å². The van der Waals surface area contributed by atoms with E-state index in [1.165, 1.54) is 29.6 Å². The van der Waals surface area contributed by atoms with Crippen molar-refractivity contribution in [3.05, 3.63) is 84.4 Å². The average Bonchev–Trinajstić information content (AvgIpc) is 2.85. The maximum absolute atomic E-state index is 13.3. The largest absolute Gasteiger partial charge is 0.495 e. The van der Waals surface area contributed by atoms with Gasteiger partial charge in [0.05, 0.1) is 23.4 Å². The molecule has 0 atom stereocenters. The zero-order valence-corrected chi connectivity index (χ0v) is 19.8. The Balaban J connectivity index is 1.72. The van der Waals surface area contributed by atoms with Crippen molar-refractivity contribution < 1.29 is 22.7 Å². The summed E-state index contributed by atoms with van der Waals surface area (Å²) >= 11 is 0. The summed E-state index contributed by atoms with van der Waals surface area (Å²) in [5.41, 5.74) is 1.27. The monoisotopic (exact) mass is 481 g/mol. The maximum Gasteiger partial charge on any atom is 0.264 e. The summed E-state index contributed by atoms with van der Waals surface area (Å²) in [6, 6.07) is 21.8. The van der Waals surface area contributed by atoms with Gasteiger partial charge in [-0.3, -0.25) is 13.9 Å². The first-order valence-electron chi connectivity index (χ1n) is 10.8. The molecule has 2 amide bonds. The summed E-state index contributed by atoms with van der Waals surface area (Å²) in [5.74, 6) is -0.348. The fourth-order valence-corrected chi connectivity index (χ4v) is 4.85. The van der Waals surface area contributed by atoms with Gasteiger partial charge in [0.1, 0.15) is 5.75 Å². The third kappa shape index (κ3) is 5.93. The number of rotatable bonds is 10. The first-order chi connectivity index (χ1) is 16.4. The highest BCUT2D eigenvalue weighted by Crippen LogP contribution is 2.30. The second-order valence-corrected chi connectivity index (χ2v) is 9.15. The zero-order chi connectivity index (χ0) is 24.6. The van der Waals surface area contributed by atoms with Gasteiger partial charge in [0.25, 0.3) is 15.9 Å². The molecule has 9 heteroatoms. The van der Waals surface area contributed by atoms with Gasteiger partial charge in [-0.1, -0.05) is 36.4 Å². The van der Waals surface area contributed by atoms with Gasteiger partial charge in [0.2, 0.25) is 5.91 Å². The number of hydrogen-bond donors (Lipinski definition) is 2. The van der Waals surface area contributed by atoms with Crippen molar-refractivity contribution >= 4 is 33.2 Å². The Kier molecular flexibility index (Phi) is 8.26. The fourth-order valence-electron chi connectivity index (χ4n) is 3.35. The highest BCUT2D eigenvalue weighted by molar-refractivity contribution is 7.92. The third-order valence-corrected chi connectivity index (χ3v) is 6.94. The minimum Gasteiger partial charge on any atom is -0.495 e. The fraction of sp³-hybridized carbons (Fsp3) is 0.200. The number of anilines is 2. The number of hydrogen-bond acceptors (Lipinski definition) is 5. The molecule has 3 rings (SSSR count). The van der Waals surface area contributed by atoms with Crippen molar-refractivity contribution in [2.24, 2.45) is 0 Å². The van der Waals surface area contributed by atoms with Crippen LogP contribution < -0.4 is 19.7 Å². The molecule has 0 aliphatic heterocycles. The highest BCUT2D eigenvalue weighted by Gasteiger charge is 2.25. The van der Waals surface area contributed by atoms with Crippen LogP contribution in [0.4, 0.5) is 11.4 Å². The van der Waals surface area contributed by atoms with Crippen LogP contribution in [-0.2, 0) is 14.8 Å². The van der Waals surface area contributed by atoms with E-state index in [0.717, 1.165) is 0 Å². The molecule has 0 unspecified atom stereocenters. The van der Waals surface area contributed by atoms with Crippen LogP contribution in [0.2, 0.25) is 0 Å². The Morgan fingerprint density at radius 1 is 0.941 bits per heavy atom. The number of carbonyl (C=O) groups is 2. The van der Waals surface area contributed by atoms with Crippen molar-refractivity contribution in [2.45, 2.75) is 18.2 Å². The van der Waals surface area contributed by atoms with E-state index in [1.54, 1.807) is 55.5 Å². The molecule has 0 aromatic heterocycles. The molecule has 3 aromatic rings. The lowest BCUT2D eigenvalue weighted by Crippen LogP contribution is -2.31. The van der Waals surface area contributed by atoms with Crippen molar-refractivity contribution in [2.75, 3.05) is 29.8 Å². The molecular formula is C25H27N3O5S. The molecule has 0 bridgehead atoms. The number of carbonyl (C=O) groups excluding carboxylic acids is 2. The molecule has 2 N–H and O–H groups in total. The number of methoxy groups -OCH3 is 1. The van der Waals surface area contributed by atoms with Gasteiger partial charge in [0, 0.05) is 25.1 Å². The molecule has 178 valence electrons. The minimum absolute atomic E-state index is 0.00378. The second-order valence-electron chi connectivity index (χ2n) is 7.29. The van der Waals surface area contributed by atoms with E-state index in [1.807, 2.05) is 12.1 Å². The molecule has 0 heterocycles. The first-order valence-corrected chi connectivity index (χ1v) is 12.2. The van der Waals surface area contributed by atoms with Crippen LogP contribution in [0.1, 0.15) is 23.7 Å². The minimum atomic E-state index is -3.88. The van der Waals surface area contributed by atoms with Gasteiger partial charge < -0.3 is 15.4 Å².